The van der Waals surface area contributed by atoms with Crippen LogP contribution in [0.2, 0.25) is 0 Å². The van der Waals surface area contributed by atoms with Crippen LogP contribution in [0, 0.1) is 0 Å². The lowest BCUT2D eigenvalue weighted by atomic mass is 9.96. The van der Waals surface area contributed by atoms with Gasteiger partial charge in [0.15, 0.2) is 17.3 Å². The second kappa shape index (κ2) is 12.3. The number of hydrogen-bond acceptors (Lipinski definition) is 15. The maximum atomic E-state index is 12.9. The van der Waals surface area contributed by atoms with Crippen molar-refractivity contribution in [1.82, 2.24) is 0 Å². The number of carbonyl (C=O) groups is 1. The van der Waals surface area contributed by atoms with Gasteiger partial charge in [-0.15, -0.1) is 0 Å². The van der Waals surface area contributed by atoms with Gasteiger partial charge in [-0.3, -0.25) is 4.79 Å². The molecule has 2 aromatic carbocycles. The summed E-state index contributed by atoms with van der Waals surface area (Å²) in [5, 5.41) is 89.7. The minimum atomic E-state index is -1.72. The molecule has 0 aliphatic carbocycles. The Labute approximate surface area is 238 Å². The van der Waals surface area contributed by atoms with E-state index in [1.807, 2.05) is 0 Å². The molecule has 3 heterocycles. The molecule has 2 saturated heterocycles. The molecular formula is C27H32O15. The number of phenolic OH excluding ortho intramolecular Hbond substituents is 1. The average Bonchev–Trinajstić information content (AvgIpc) is 2.98. The average molecular weight is 597 g/mol. The Bertz CT molecular complexity index is 1270. The Morgan fingerprint density at radius 1 is 0.738 bits per heavy atom. The van der Waals surface area contributed by atoms with Gasteiger partial charge in [-0.1, -0.05) is 6.07 Å². The molecule has 2 aromatic rings. The first-order chi connectivity index (χ1) is 20.0. The molecule has 0 aromatic heterocycles. The zero-order valence-electron chi connectivity index (χ0n) is 21.9. The van der Waals surface area contributed by atoms with Gasteiger partial charge >= 0.3 is 0 Å². The van der Waals surface area contributed by atoms with Gasteiger partial charge in [-0.25, -0.2) is 0 Å². The summed E-state index contributed by atoms with van der Waals surface area (Å²) in [6, 6.07) is 8.32. The molecular weight excluding hydrogens is 564 g/mol. The summed E-state index contributed by atoms with van der Waals surface area (Å²) in [6.45, 7) is -1.31. The second-order valence-electron chi connectivity index (χ2n) is 10.2. The molecule has 3 aliphatic heterocycles. The number of carbonyl (C=O) groups excluding carboxylic acids is 1. The minimum absolute atomic E-state index is 0.0869. The number of Topliss-reactive ketones (excluding diaryl/α,β-unsaturated/α-hetero) is 1. The van der Waals surface area contributed by atoms with Crippen molar-refractivity contribution >= 4 is 5.78 Å². The van der Waals surface area contributed by atoms with Crippen LogP contribution < -0.4 is 14.2 Å². The van der Waals surface area contributed by atoms with E-state index in [4.69, 9.17) is 23.7 Å². The van der Waals surface area contributed by atoms with E-state index in [0.717, 1.165) is 0 Å². The summed E-state index contributed by atoms with van der Waals surface area (Å²) in [5.74, 6) is -0.649. The number of hydrogen-bond donors (Lipinski definition) is 9. The molecule has 0 saturated carbocycles. The highest BCUT2D eigenvalue weighted by Gasteiger charge is 2.46. The molecule has 2 fully saturated rings. The number of benzene rings is 2. The van der Waals surface area contributed by atoms with E-state index in [-0.39, 0.29) is 40.8 Å². The summed E-state index contributed by atoms with van der Waals surface area (Å²) in [6.07, 6.45) is -16.2. The van der Waals surface area contributed by atoms with Crippen LogP contribution in [-0.2, 0) is 9.47 Å². The van der Waals surface area contributed by atoms with Gasteiger partial charge < -0.3 is 69.6 Å². The van der Waals surface area contributed by atoms with E-state index in [9.17, 15) is 50.8 Å². The topological polar surface area (TPSA) is 245 Å². The third kappa shape index (κ3) is 5.76. The zero-order valence-corrected chi connectivity index (χ0v) is 21.9. The molecule has 0 amide bonds. The van der Waals surface area contributed by atoms with Gasteiger partial charge in [0, 0.05) is 6.07 Å². The number of phenols is 1. The number of aliphatic hydroxyl groups excluding tert-OH is 8. The highest BCUT2D eigenvalue weighted by atomic mass is 16.7. The maximum absolute atomic E-state index is 12.9. The summed E-state index contributed by atoms with van der Waals surface area (Å²) in [5.41, 5.74) is 0.621. The van der Waals surface area contributed by atoms with E-state index < -0.39 is 80.7 Å². The summed E-state index contributed by atoms with van der Waals surface area (Å²) < 4.78 is 27.9. The number of aromatic hydroxyl groups is 1. The first-order valence-electron chi connectivity index (χ1n) is 13.1. The summed E-state index contributed by atoms with van der Waals surface area (Å²) in [4.78, 5) is 12.9. The predicted octanol–water partition coefficient (Wildman–Crippen LogP) is -2.54. The molecule has 5 rings (SSSR count). The van der Waals surface area contributed by atoms with Gasteiger partial charge in [0.1, 0.15) is 66.4 Å². The Kier molecular flexibility index (Phi) is 8.86. The van der Waals surface area contributed by atoms with Crippen molar-refractivity contribution in [3.8, 4) is 23.0 Å². The fraction of sp³-hybridized carbons (Fsp3) is 0.519. The van der Waals surface area contributed by atoms with E-state index in [2.05, 4.69) is 0 Å². The number of fused-ring (bicyclic) bond motifs is 1. The van der Waals surface area contributed by atoms with Crippen molar-refractivity contribution in [3.05, 3.63) is 47.5 Å². The lowest BCUT2D eigenvalue weighted by Crippen LogP contribution is -2.60. The molecule has 15 heteroatoms. The van der Waals surface area contributed by atoms with Gasteiger partial charge in [-0.2, -0.15) is 0 Å². The van der Waals surface area contributed by atoms with Crippen molar-refractivity contribution in [2.24, 2.45) is 0 Å². The van der Waals surface area contributed by atoms with Gasteiger partial charge in [0.2, 0.25) is 12.6 Å². The normalized spacial score (nSPS) is 36.6. The van der Waals surface area contributed by atoms with Crippen LogP contribution in [0.25, 0.3) is 0 Å². The van der Waals surface area contributed by atoms with E-state index >= 15 is 0 Å². The Hall–Kier alpha value is -3.09. The zero-order chi connectivity index (χ0) is 30.3. The Balaban J connectivity index is 1.33. The Morgan fingerprint density at radius 3 is 1.93 bits per heavy atom. The summed E-state index contributed by atoms with van der Waals surface area (Å²) in [7, 11) is 0. The van der Waals surface area contributed by atoms with Crippen molar-refractivity contribution in [1.29, 1.82) is 0 Å². The molecule has 0 unspecified atom stereocenters. The minimum Gasteiger partial charge on any atom is -0.504 e. The van der Waals surface area contributed by atoms with Gasteiger partial charge in [0.25, 0.3) is 0 Å². The van der Waals surface area contributed by atoms with Crippen LogP contribution >= 0.6 is 0 Å². The van der Waals surface area contributed by atoms with Crippen LogP contribution in [0.15, 0.2) is 36.4 Å². The molecule has 3 aliphatic rings. The largest absolute Gasteiger partial charge is 0.504 e. The number of rotatable bonds is 7. The molecule has 11 atom stereocenters. The van der Waals surface area contributed by atoms with E-state index in [0.29, 0.717) is 5.56 Å². The molecule has 230 valence electrons. The van der Waals surface area contributed by atoms with Crippen molar-refractivity contribution in [3.63, 3.8) is 0 Å². The fourth-order valence-corrected chi connectivity index (χ4v) is 4.98. The maximum Gasteiger partial charge on any atom is 0.229 e. The monoisotopic (exact) mass is 596 g/mol. The third-order valence-corrected chi connectivity index (χ3v) is 7.44. The van der Waals surface area contributed by atoms with Crippen molar-refractivity contribution in [2.75, 3.05) is 13.2 Å². The van der Waals surface area contributed by atoms with Gasteiger partial charge in [-0.05, 0) is 29.8 Å². The van der Waals surface area contributed by atoms with Crippen LogP contribution in [0.4, 0.5) is 0 Å². The van der Waals surface area contributed by atoms with Crippen LogP contribution in [-0.4, -0.2) is 126 Å². The highest BCUT2D eigenvalue weighted by Crippen LogP contribution is 2.40. The number of ketones is 1. The first-order valence-corrected chi connectivity index (χ1v) is 13.1. The highest BCUT2D eigenvalue weighted by molar-refractivity contribution is 6.00. The molecule has 0 spiro atoms. The lowest BCUT2D eigenvalue weighted by Gasteiger charge is -2.39. The van der Waals surface area contributed by atoms with Crippen molar-refractivity contribution in [2.45, 2.75) is 73.9 Å². The standard InChI is InChI=1S/C27H32O15/c28-8-18-20(32)22(34)24(36)26(41-18)38-11-2-3-12-14(31)7-15(39-16(12)6-11)10-1-4-13(30)17(5-10)40-27-25(37)23(35)21(33)19(9-29)42-27/h1-6,15,18-30,32-37H,7-9H2/t15-,18-,19-,20-,21-,22+,23+,24-,25-,26+,27+/m1/s1. The van der Waals surface area contributed by atoms with Crippen LogP contribution in [0.5, 0.6) is 23.0 Å². The molecule has 0 radical (unpaired) electrons. The fourth-order valence-electron chi connectivity index (χ4n) is 4.98. The lowest BCUT2D eigenvalue weighted by molar-refractivity contribution is -0.277. The van der Waals surface area contributed by atoms with Gasteiger partial charge in [0.05, 0.1) is 25.2 Å². The SMILES string of the molecule is O=C1C[C@H](c2ccc(O)c(O[C@H]3O[C@H](CO)[C@@H](O)[C@H](O)[C@H]3O)c2)Oc2cc(O[C@H]3O[C@H](CO)[C@@H](O)[C@H](O)[C@H]3O)ccc21. The second-order valence-corrected chi connectivity index (χ2v) is 10.2. The van der Waals surface area contributed by atoms with Crippen LogP contribution in [0.3, 0.4) is 0 Å². The smallest absolute Gasteiger partial charge is 0.229 e. The quantitative estimate of drug-likeness (QED) is 0.160. The Morgan fingerprint density at radius 2 is 1.33 bits per heavy atom. The molecule has 42 heavy (non-hydrogen) atoms. The molecule has 9 N–H and O–H groups in total. The number of ether oxygens (including phenoxy) is 5. The predicted molar refractivity (Wildman–Crippen MR) is 136 cm³/mol. The molecule has 15 nitrogen and oxygen atoms in total. The molecule has 0 bridgehead atoms. The number of aliphatic hydroxyl groups is 8. The van der Waals surface area contributed by atoms with Crippen LogP contribution in [0.1, 0.15) is 28.4 Å². The third-order valence-electron chi connectivity index (χ3n) is 7.44. The van der Waals surface area contributed by atoms with E-state index in [1.165, 1.54) is 36.4 Å². The first kappa shape index (κ1) is 30.4. The summed E-state index contributed by atoms with van der Waals surface area (Å²) >= 11 is 0. The van der Waals surface area contributed by atoms with E-state index in [1.54, 1.807) is 0 Å². The van der Waals surface area contributed by atoms with Crippen molar-refractivity contribution < 1.29 is 74.4 Å².